The molecule has 0 aliphatic carbocycles. The average Bonchev–Trinajstić information content (AvgIpc) is 2.63. The lowest BCUT2D eigenvalue weighted by molar-refractivity contribution is 0.301. The van der Waals surface area contributed by atoms with Crippen molar-refractivity contribution >= 4 is 5.69 Å². The van der Waals surface area contributed by atoms with Crippen LogP contribution in [0.25, 0.3) is 0 Å². The number of aryl methyl sites for hydroxylation is 1. The Hall–Kier alpha value is -1.91. The predicted molar refractivity (Wildman–Crippen MR) is 50.6 cm³/mol. The first-order valence-corrected chi connectivity index (χ1v) is 4.28. The van der Waals surface area contributed by atoms with E-state index >= 15 is 0 Å². The highest BCUT2D eigenvalue weighted by atomic mass is 16.6. The van der Waals surface area contributed by atoms with Crippen LogP contribution in [0.3, 0.4) is 0 Å². The lowest BCUT2D eigenvalue weighted by Crippen LogP contribution is -2.01. The molecule has 0 radical (unpaired) electrons. The van der Waals surface area contributed by atoms with Gasteiger partial charge in [0.25, 0.3) is 0 Å². The molecule has 14 heavy (non-hydrogen) atoms. The van der Waals surface area contributed by atoms with Gasteiger partial charge < -0.3 is 5.32 Å². The summed E-state index contributed by atoms with van der Waals surface area (Å²) in [6.07, 6.45) is 3.46. The number of nitrogens with one attached hydrogen (secondary N) is 1. The summed E-state index contributed by atoms with van der Waals surface area (Å²) < 4.78 is 4.58. The molecule has 0 aliphatic rings. The normalized spacial score (nSPS) is 10.1. The number of anilines is 1. The Morgan fingerprint density at radius 2 is 2.07 bits per heavy atom. The second kappa shape index (κ2) is 3.87. The Labute approximate surface area is 81.1 Å². The first-order chi connectivity index (χ1) is 6.86. The Balaban J connectivity index is 1.99. The van der Waals surface area contributed by atoms with Gasteiger partial charge in [-0.1, -0.05) is 10.3 Å². The van der Waals surface area contributed by atoms with E-state index in [4.69, 9.17) is 0 Å². The molecule has 5 nitrogen and oxygen atoms in total. The van der Waals surface area contributed by atoms with Crippen molar-refractivity contribution < 1.29 is 4.63 Å². The van der Waals surface area contributed by atoms with Crippen LogP contribution in [0.2, 0.25) is 0 Å². The van der Waals surface area contributed by atoms with Crippen molar-refractivity contribution in [2.75, 3.05) is 5.32 Å². The molecule has 0 saturated heterocycles. The van der Waals surface area contributed by atoms with Gasteiger partial charge in [-0.25, -0.2) is 4.63 Å². The van der Waals surface area contributed by atoms with Crippen LogP contribution >= 0.6 is 0 Å². The Morgan fingerprint density at radius 3 is 2.71 bits per heavy atom. The Bertz CT molecular complexity index is 398. The molecule has 5 heteroatoms. The van der Waals surface area contributed by atoms with Gasteiger partial charge in [0.15, 0.2) is 0 Å². The van der Waals surface area contributed by atoms with Crippen molar-refractivity contribution in [1.29, 1.82) is 0 Å². The van der Waals surface area contributed by atoms with Crippen LogP contribution < -0.4 is 5.32 Å². The maximum atomic E-state index is 4.58. The molecular weight excluding hydrogens is 180 g/mol. The molecule has 2 aromatic rings. The van der Waals surface area contributed by atoms with Crippen LogP contribution in [0.1, 0.15) is 11.4 Å². The molecule has 0 aromatic carbocycles. The van der Waals surface area contributed by atoms with Crippen LogP contribution in [-0.4, -0.2) is 15.3 Å². The van der Waals surface area contributed by atoms with Gasteiger partial charge in [-0.05, 0) is 19.1 Å². The summed E-state index contributed by atoms with van der Waals surface area (Å²) in [6.45, 7) is 2.47. The van der Waals surface area contributed by atoms with Gasteiger partial charge in [-0.15, -0.1) is 0 Å². The second-order valence-corrected chi connectivity index (χ2v) is 2.89. The lowest BCUT2D eigenvalue weighted by Gasteiger charge is -2.02. The predicted octanol–water partition coefficient (Wildman–Crippen LogP) is 1.39. The number of aromatic nitrogens is 3. The fraction of sp³-hybridized carbons (Fsp3) is 0.222. The molecule has 2 rings (SSSR count). The molecule has 2 heterocycles. The molecule has 0 fully saturated rings. The van der Waals surface area contributed by atoms with Crippen LogP contribution in [-0.2, 0) is 6.54 Å². The zero-order valence-corrected chi connectivity index (χ0v) is 7.77. The summed E-state index contributed by atoms with van der Waals surface area (Å²) >= 11 is 0. The minimum Gasteiger partial charge on any atom is -0.379 e. The third kappa shape index (κ3) is 1.87. The first-order valence-electron chi connectivity index (χ1n) is 4.28. The van der Waals surface area contributed by atoms with Crippen LogP contribution in [0.4, 0.5) is 5.69 Å². The number of hydrogen-bond donors (Lipinski definition) is 1. The van der Waals surface area contributed by atoms with Gasteiger partial charge in [0, 0.05) is 18.1 Å². The minimum atomic E-state index is 0.610. The van der Waals surface area contributed by atoms with Gasteiger partial charge in [0.1, 0.15) is 11.4 Å². The standard InChI is InChI=1S/C9H10N4O/c1-7-9(13-14-12-7)6-11-8-2-4-10-5-3-8/h2-5H,6H2,1H3,(H,10,11). The van der Waals surface area contributed by atoms with E-state index < -0.39 is 0 Å². The third-order valence-corrected chi connectivity index (χ3v) is 1.89. The summed E-state index contributed by atoms with van der Waals surface area (Å²) in [7, 11) is 0. The molecule has 0 atom stereocenters. The molecule has 0 spiro atoms. The van der Waals surface area contributed by atoms with E-state index in [9.17, 15) is 0 Å². The Morgan fingerprint density at radius 1 is 1.29 bits per heavy atom. The molecule has 1 N–H and O–H groups in total. The number of pyridine rings is 1. The van der Waals surface area contributed by atoms with Gasteiger partial charge in [0.2, 0.25) is 0 Å². The maximum Gasteiger partial charge on any atom is 0.127 e. The van der Waals surface area contributed by atoms with Gasteiger partial charge in [-0.2, -0.15) is 0 Å². The monoisotopic (exact) mass is 190 g/mol. The van der Waals surface area contributed by atoms with Crippen molar-refractivity contribution in [1.82, 2.24) is 15.3 Å². The average molecular weight is 190 g/mol. The number of hydrogen-bond acceptors (Lipinski definition) is 5. The van der Waals surface area contributed by atoms with Gasteiger partial charge >= 0.3 is 0 Å². The van der Waals surface area contributed by atoms with Crippen LogP contribution in [0.5, 0.6) is 0 Å². The zero-order valence-electron chi connectivity index (χ0n) is 7.77. The Kier molecular flexibility index (Phi) is 2.40. The number of rotatable bonds is 3. The van der Waals surface area contributed by atoms with E-state index in [-0.39, 0.29) is 0 Å². The van der Waals surface area contributed by atoms with E-state index in [2.05, 4.69) is 25.2 Å². The van der Waals surface area contributed by atoms with Crippen LogP contribution in [0.15, 0.2) is 29.2 Å². The topological polar surface area (TPSA) is 63.8 Å². The summed E-state index contributed by atoms with van der Waals surface area (Å²) in [5, 5.41) is 10.6. The maximum absolute atomic E-state index is 4.58. The van der Waals surface area contributed by atoms with Gasteiger partial charge in [-0.3, -0.25) is 4.98 Å². The summed E-state index contributed by atoms with van der Waals surface area (Å²) in [5.74, 6) is 0. The number of nitrogens with zero attached hydrogens (tertiary/aromatic N) is 3. The molecule has 0 unspecified atom stereocenters. The fourth-order valence-electron chi connectivity index (χ4n) is 1.07. The first kappa shape index (κ1) is 8.68. The lowest BCUT2D eigenvalue weighted by atomic mass is 10.3. The molecular formula is C9H10N4O. The molecule has 0 amide bonds. The highest BCUT2D eigenvalue weighted by molar-refractivity contribution is 5.41. The van der Waals surface area contributed by atoms with Crippen molar-refractivity contribution in [3.8, 4) is 0 Å². The van der Waals surface area contributed by atoms with Crippen molar-refractivity contribution in [2.24, 2.45) is 0 Å². The fourth-order valence-corrected chi connectivity index (χ4v) is 1.07. The summed E-state index contributed by atoms with van der Waals surface area (Å²) in [4.78, 5) is 3.92. The van der Waals surface area contributed by atoms with E-state index in [1.165, 1.54) is 0 Å². The van der Waals surface area contributed by atoms with Gasteiger partial charge in [0.05, 0.1) is 6.54 Å². The molecule has 0 saturated carbocycles. The largest absolute Gasteiger partial charge is 0.379 e. The SMILES string of the molecule is Cc1nonc1CNc1ccncc1. The highest BCUT2D eigenvalue weighted by Gasteiger charge is 2.03. The third-order valence-electron chi connectivity index (χ3n) is 1.89. The summed E-state index contributed by atoms with van der Waals surface area (Å²) in [6, 6.07) is 3.78. The highest BCUT2D eigenvalue weighted by Crippen LogP contribution is 2.07. The van der Waals surface area contributed by atoms with E-state index in [1.54, 1.807) is 12.4 Å². The van der Waals surface area contributed by atoms with E-state index in [0.29, 0.717) is 6.54 Å². The molecule has 0 aliphatic heterocycles. The second-order valence-electron chi connectivity index (χ2n) is 2.89. The summed E-state index contributed by atoms with van der Waals surface area (Å²) in [5.41, 5.74) is 2.63. The molecule has 2 aromatic heterocycles. The molecule has 72 valence electrons. The van der Waals surface area contributed by atoms with E-state index in [1.807, 2.05) is 19.1 Å². The zero-order chi connectivity index (χ0) is 9.80. The quantitative estimate of drug-likeness (QED) is 0.792. The van der Waals surface area contributed by atoms with Crippen molar-refractivity contribution in [3.05, 3.63) is 35.9 Å². The van der Waals surface area contributed by atoms with Crippen molar-refractivity contribution in [3.63, 3.8) is 0 Å². The smallest absolute Gasteiger partial charge is 0.127 e. The van der Waals surface area contributed by atoms with Crippen molar-refractivity contribution in [2.45, 2.75) is 13.5 Å². The van der Waals surface area contributed by atoms with Crippen LogP contribution in [0, 0.1) is 6.92 Å². The molecule has 0 bridgehead atoms. The minimum absolute atomic E-state index is 0.610. The van der Waals surface area contributed by atoms with E-state index in [0.717, 1.165) is 17.1 Å².